The first-order valence-corrected chi connectivity index (χ1v) is 8.87. The monoisotopic (exact) mass is 362 g/mol. The molecule has 7 heteroatoms. The van der Waals surface area contributed by atoms with Crippen molar-refractivity contribution in [3.8, 4) is 5.75 Å². The largest absolute Gasteiger partial charge is 0.497 e. The summed E-state index contributed by atoms with van der Waals surface area (Å²) in [6, 6.07) is 6.65. The van der Waals surface area contributed by atoms with Gasteiger partial charge >= 0.3 is 5.97 Å². The lowest BCUT2D eigenvalue weighted by Gasteiger charge is -2.29. The topological polar surface area (TPSA) is 93.7 Å². The Morgan fingerprint density at radius 1 is 1.12 bits per heavy atom. The minimum Gasteiger partial charge on any atom is -0.497 e. The standard InChI is InChI=1S/C19H26N2O5/c1-13-5-3-4-6-16(13)21-17(22)12-26-18(23)11-20-19(24)14-7-9-15(25-2)10-8-14/h7-10,13,16H,3-6,11-12H2,1-2H3,(H,20,24)(H,21,22). The van der Waals surface area contributed by atoms with Gasteiger partial charge < -0.3 is 20.1 Å². The van der Waals surface area contributed by atoms with E-state index in [0.29, 0.717) is 17.2 Å². The van der Waals surface area contributed by atoms with Crippen LogP contribution in [0, 0.1) is 5.92 Å². The van der Waals surface area contributed by atoms with Crippen LogP contribution >= 0.6 is 0 Å². The molecule has 0 saturated heterocycles. The molecule has 1 aromatic rings. The summed E-state index contributed by atoms with van der Waals surface area (Å²) in [5.74, 6) is -0.284. The molecule has 0 spiro atoms. The van der Waals surface area contributed by atoms with Gasteiger partial charge in [-0.3, -0.25) is 14.4 Å². The summed E-state index contributed by atoms with van der Waals surface area (Å²) in [5.41, 5.74) is 0.405. The number of esters is 1. The molecule has 0 heterocycles. The van der Waals surface area contributed by atoms with E-state index >= 15 is 0 Å². The highest BCUT2D eigenvalue weighted by Crippen LogP contribution is 2.23. The van der Waals surface area contributed by atoms with Crippen LogP contribution in [-0.2, 0) is 14.3 Å². The second-order valence-corrected chi connectivity index (χ2v) is 6.51. The van der Waals surface area contributed by atoms with Gasteiger partial charge in [-0.05, 0) is 43.0 Å². The Morgan fingerprint density at radius 3 is 2.46 bits per heavy atom. The number of hydrogen-bond acceptors (Lipinski definition) is 5. The van der Waals surface area contributed by atoms with Crippen LogP contribution in [0.5, 0.6) is 5.75 Å². The minimum atomic E-state index is -0.654. The van der Waals surface area contributed by atoms with E-state index in [1.54, 1.807) is 24.3 Å². The lowest BCUT2D eigenvalue weighted by Crippen LogP contribution is -2.43. The van der Waals surface area contributed by atoms with Gasteiger partial charge in [0.1, 0.15) is 12.3 Å². The van der Waals surface area contributed by atoms with Crippen LogP contribution in [0.1, 0.15) is 43.0 Å². The number of ether oxygens (including phenoxy) is 2. The second kappa shape index (κ2) is 9.79. The van der Waals surface area contributed by atoms with Crippen molar-refractivity contribution in [2.45, 2.75) is 38.6 Å². The van der Waals surface area contributed by atoms with Crippen molar-refractivity contribution in [1.29, 1.82) is 0 Å². The van der Waals surface area contributed by atoms with Gasteiger partial charge in [-0.15, -0.1) is 0 Å². The van der Waals surface area contributed by atoms with Crippen molar-refractivity contribution < 1.29 is 23.9 Å². The maximum absolute atomic E-state index is 11.9. The molecule has 2 atom stereocenters. The Labute approximate surface area is 153 Å². The van der Waals surface area contributed by atoms with Crippen molar-refractivity contribution in [1.82, 2.24) is 10.6 Å². The Kier molecular flexibility index (Phi) is 7.44. The first-order valence-electron chi connectivity index (χ1n) is 8.87. The van der Waals surface area contributed by atoms with E-state index in [4.69, 9.17) is 9.47 Å². The lowest BCUT2D eigenvalue weighted by atomic mass is 9.86. The zero-order valence-corrected chi connectivity index (χ0v) is 15.2. The Hall–Kier alpha value is -2.57. The highest BCUT2D eigenvalue weighted by molar-refractivity contribution is 5.96. The highest BCUT2D eigenvalue weighted by atomic mass is 16.5. The van der Waals surface area contributed by atoms with E-state index < -0.39 is 11.9 Å². The van der Waals surface area contributed by atoms with Crippen molar-refractivity contribution in [3.63, 3.8) is 0 Å². The van der Waals surface area contributed by atoms with Crippen molar-refractivity contribution >= 4 is 17.8 Å². The molecule has 0 radical (unpaired) electrons. The van der Waals surface area contributed by atoms with E-state index in [9.17, 15) is 14.4 Å². The van der Waals surface area contributed by atoms with Gasteiger partial charge in [-0.2, -0.15) is 0 Å². The molecule has 26 heavy (non-hydrogen) atoms. The van der Waals surface area contributed by atoms with Crippen LogP contribution < -0.4 is 15.4 Å². The maximum Gasteiger partial charge on any atom is 0.325 e. The Morgan fingerprint density at radius 2 is 1.81 bits per heavy atom. The Bertz CT molecular complexity index is 629. The maximum atomic E-state index is 11.9. The summed E-state index contributed by atoms with van der Waals surface area (Å²) in [5, 5.41) is 5.37. The van der Waals surface area contributed by atoms with Gasteiger partial charge in [0, 0.05) is 11.6 Å². The molecule has 2 unspecified atom stereocenters. The summed E-state index contributed by atoms with van der Waals surface area (Å²) in [4.78, 5) is 35.5. The fraction of sp³-hybridized carbons (Fsp3) is 0.526. The highest BCUT2D eigenvalue weighted by Gasteiger charge is 2.23. The third kappa shape index (κ3) is 6.06. The number of rotatable bonds is 7. The van der Waals surface area contributed by atoms with E-state index in [-0.39, 0.29) is 25.1 Å². The molecule has 1 aliphatic carbocycles. The first-order chi connectivity index (χ1) is 12.5. The number of hydrogen-bond donors (Lipinski definition) is 2. The molecule has 0 aromatic heterocycles. The molecule has 1 fully saturated rings. The zero-order chi connectivity index (χ0) is 18.9. The molecule has 1 saturated carbocycles. The predicted molar refractivity (Wildman–Crippen MR) is 95.8 cm³/mol. The summed E-state index contributed by atoms with van der Waals surface area (Å²) in [6.07, 6.45) is 4.35. The van der Waals surface area contributed by atoms with E-state index in [1.807, 2.05) is 0 Å². The average Bonchev–Trinajstić information content (AvgIpc) is 2.66. The molecule has 2 amide bonds. The average molecular weight is 362 g/mol. The fourth-order valence-corrected chi connectivity index (χ4v) is 2.97. The SMILES string of the molecule is COc1ccc(C(=O)NCC(=O)OCC(=O)NC2CCCCC2C)cc1. The van der Waals surface area contributed by atoms with Crippen LogP contribution in [0.25, 0.3) is 0 Å². The first kappa shape index (κ1) is 19.8. The normalized spacial score (nSPS) is 19.3. The summed E-state index contributed by atoms with van der Waals surface area (Å²) in [6.45, 7) is 1.49. The molecule has 2 N–H and O–H groups in total. The number of benzene rings is 1. The van der Waals surface area contributed by atoms with E-state index in [1.165, 1.54) is 13.5 Å². The second-order valence-electron chi connectivity index (χ2n) is 6.51. The molecule has 0 bridgehead atoms. The summed E-state index contributed by atoms with van der Waals surface area (Å²) >= 11 is 0. The van der Waals surface area contributed by atoms with Crippen LogP contribution in [0.4, 0.5) is 0 Å². The molecule has 1 aliphatic rings. The van der Waals surface area contributed by atoms with Crippen LogP contribution in [0.2, 0.25) is 0 Å². The molecule has 2 rings (SSSR count). The van der Waals surface area contributed by atoms with Gasteiger partial charge in [0.25, 0.3) is 11.8 Å². The van der Waals surface area contributed by atoms with E-state index in [0.717, 1.165) is 19.3 Å². The number of methoxy groups -OCH3 is 1. The molecular weight excluding hydrogens is 336 g/mol. The molecule has 1 aromatic carbocycles. The zero-order valence-electron chi connectivity index (χ0n) is 15.2. The molecular formula is C19H26N2O5. The van der Waals surface area contributed by atoms with Gasteiger partial charge in [0.05, 0.1) is 7.11 Å². The van der Waals surface area contributed by atoms with Crippen LogP contribution in [-0.4, -0.2) is 44.1 Å². The van der Waals surface area contributed by atoms with Gasteiger partial charge in [0.2, 0.25) is 0 Å². The van der Waals surface area contributed by atoms with Crippen molar-refractivity contribution in [3.05, 3.63) is 29.8 Å². The van der Waals surface area contributed by atoms with Gasteiger partial charge in [-0.25, -0.2) is 0 Å². The quantitative estimate of drug-likeness (QED) is 0.720. The molecule has 142 valence electrons. The number of carbonyl (C=O) groups excluding carboxylic acids is 3. The van der Waals surface area contributed by atoms with Crippen molar-refractivity contribution in [2.24, 2.45) is 5.92 Å². The van der Waals surface area contributed by atoms with Gasteiger partial charge in [-0.1, -0.05) is 19.8 Å². The Balaban J connectivity index is 1.67. The molecule has 0 aliphatic heterocycles. The number of carbonyl (C=O) groups is 3. The third-order valence-electron chi connectivity index (χ3n) is 4.57. The third-order valence-corrected chi connectivity index (χ3v) is 4.57. The minimum absolute atomic E-state index is 0.143. The van der Waals surface area contributed by atoms with Crippen molar-refractivity contribution in [2.75, 3.05) is 20.3 Å². The summed E-state index contributed by atoms with van der Waals surface area (Å²) in [7, 11) is 1.54. The van der Waals surface area contributed by atoms with Crippen LogP contribution in [0.15, 0.2) is 24.3 Å². The summed E-state index contributed by atoms with van der Waals surface area (Å²) < 4.78 is 9.94. The smallest absolute Gasteiger partial charge is 0.325 e. The fourth-order valence-electron chi connectivity index (χ4n) is 2.97. The van der Waals surface area contributed by atoms with E-state index in [2.05, 4.69) is 17.6 Å². The number of nitrogens with one attached hydrogen (secondary N) is 2. The predicted octanol–water partition coefficient (Wildman–Crippen LogP) is 1.66. The molecule has 7 nitrogen and oxygen atoms in total. The van der Waals surface area contributed by atoms with Crippen LogP contribution in [0.3, 0.4) is 0 Å². The number of amides is 2. The van der Waals surface area contributed by atoms with Gasteiger partial charge in [0.15, 0.2) is 6.61 Å². The lowest BCUT2D eigenvalue weighted by molar-refractivity contribution is -0.147.